The number of carbonyl (C=O) groups excluding carboxylic acids is 1. The molecular weight excluding hydrogens is 322 g/mol. The summed E-state index contributed by atoms with van der Waals surface area (Å²) in [6.07, 6.45) is 1.39. The lowest BCUT2D eigenvalue weighted by molar-refractivity contribution is 0.0696. The molecule has 0 aliphatic carbocycles. The molecule has 1 aromatic rings. The molecule has 0 aromatic heterocycles. The van der Waals surface area contributed by atoms with Crippen molar-refractivity contribution in [1.29, 1.82) is 0 Å². The first-order valence-electron chi connectivity index (χ1n) is 7.14. The van der Waals surface area contributed by atoms with E-state index < -0.39 is 22.6 Å². The molecule has 0 saturated carbocycles. The average molecular weight is 341 g/mol. The lowest BCUT2D eigenvalue weighted by Crippen LogP contribution is -2.40. The molecule has 8 nitrogen and oxygen atoms in total. The summed E-state index contributed by atoms with van der Waals surface area (Å²) < 4.78 is 21.5. The first kappa shape index (κ1) is 17.2. The van der Waals surface area contributed by atoms with Gasteiger partial charge in [0.15, 0.2) is 10.7 Å². The maximum atomic E-state index is 11.5. The summed E-state index contributed by atoms with van der Waals surface area (Å²) in [7, 11) is -2.43. The fraction of sp³-hybridized carbons (Fsp3) is 0.429. The minimum absolute atomic E-state index is 0.0259. The molecule has 0 radical (unpaired) electrons. The van der Waals surface area contributed by atoms with Crippen LogP contribution in [0.25, 0.3) is 0 Å². The molecule has 1 fully saturated rings. The molecule has 23 heavy (non-hydrogen) atoms. The number of rotatable bonds is 6. The fourth-order valence-corrected chi connectivity index (χ4v) is 3.22. The van der Waals surface area contributed by atoms with E-state index in [1.807, 2.05) is 4.90 Å². The molecule has 0 spiro atoms. The van der Waals surface area contributed by atoms with E-state index in [-0.39, 0.29) is 23.0 Å². The molecule has 126 valence electrons. The standard InChI is InChI=1S/C14H19N3O5S/c15-13(18)11-2-1-9(14(19)20)7-12(11)16-10-3-5-17(6-4-10)8-23(21)22/h1-2,7,10,16,23H,3-6,8H2,(H2,15,18)(H,19,20). The van der Waals surface area contributed by atoms with Crippen LogP contribution in [0, 0.1) is 0 Å². The minimum Gasteiger partial charge on any atom is -0.478 e. The van der Waals surface area contributed by atoms with E-state index in [2.05, 4.69) is 5.32 Å². The number of anilines is 1. The Bertz CT molecular complexity index is 673. The Labute approximate surface area is 135 Å². The van der Waals surface area contributed by atoms with E-state index in [9.17, 15) is 18.0 Å². The first-order valence-corrected chi connectivity index (χ1v) is 8.51. The smallest absolute Gasteiger partial charge is 0.335 e. The second-order valence-electron chi connectivity index (χ2n) is 5.44. The fourth-order valence-electron chi connectivity index (χ4n) is 2.61. The number of primary amides is 1. The molecule has 2 rings (SSSR count). The SMILES string of the molecule is NC(=O)c1ccc(C(=O)O)cc1NC1CCN(C[SH](=O)=O)CC1. The molecule has 9 heteroatoms. The molecule has 1 aliphatic heterocycles. The van der Waals surface area contributed by atoms with Crippen molar-refractivity contribution in [3.63, 3.8) is 0 Å². The number of carboxylic acids is 1. The van der Waals surface area contributed by atoms with Gasteiger partial charge in [0.2, 0.25) is 0 Å². The Balaban J connectivity index is 2.09. The second kappa shape index (κ2) is 7.42. The number of hydrogen-bond acceptors (Lipinski definition) is 6. The normalized spacial score (nSPS) is 16.4. The molecule has 0 atom stereocenters. The van der Waals surface area contributed by atoms with Gasteiger partial charge >= 0.3 is 5.97 Å². The number of aromatic carboxylic acids is 1. The maximum Gasteiger partial charge on any atom is 0.335 e. The van der Waals surface area contributed by atoms with E-state index in [0.29, 0.717) is 31.6 Å². The van der Waals surface area contributed by atoms with Crippen LogP contribution < -0.4 is 11.1 Å². The van der Waals surface area contributed by atoms with Crippen LogP contribution in [0.4, 0.5) is 5.69 Å². The molecule has 0 bridgehead atoms. The van der Waals surface area contributed by atoms with Gasteiger partial charge in [0.05, 0.1) is 17.0 Å². The molecule has 1 aromatic carbocycles. The summed E-state index contributed by atoms with van der Waals surface area (Å²) in [4.78, 5) is 24.4. The third-order valence-electron chi connectivity index (χ3n) is 3.79. The zero-order valence-corrected chi connectivity index (χ0v) is 13.3. The Morgan fingerprint density at radius 3 is 2.48 bits per heavy atom. The van der Waals surface area contributed by atoms with E-state index >= 15 is 0 Å². The number of carbonyl (C=O) groups is 2. The first-order chi connectivity index (χ1) is 10.9. The quantitative estimate of drug-likeness (QED) is 0.533. The van der Waals surface area contributed by atoms with Gasteiger partial charge in [0, 0.05) is 24.8 Å². The van der Waals surface area contributed by atoms with Gasteiger partial charge in [-0.05, 0) is 31.0 Å². The summed E-state index contributed by atoms with van der Waals surface area (Å²) in [6.45, 7) is 1.23. The number of piperidine rings is 1. The van der Waals surface area contributed by atoms with Crippen molar-refractivity contribution in [2.24, 2.45) is 5.73 Å². The van der Waals surface area contributed by atoms with E-state index in [1.165, 1.54) is 18.2 Å². The number of likely N-dealkylation sites (tertiary alicyclic amines) is 1. The molecule has 1 saturated heterocycles. The van der Waals surface area contributed by atoms with Crippen LogP contribution in [-0.4, -0.2) is 55.3 Å². The largest absolute Gasteiger partial charge is 0.478 e. The zero-order valence-electron chi connectivity index (χ0n) is 12.4. The number of amides is 1. The lowest BCUT2D eigenvalue weighted by Gasteiger charge is -2.31. The highest BCUT2D eigenvalue weighted by Gasteiger charge is 2.21. The number of thiol groups is 1. The third kappa shape index (κ3) is 4.67. The van der Waals surface area contributed by atoms with Crippen LogP contribution in [0.1, 0.15) is 33.6 Å². The number of nitrogens with zero attached hydrogens (tertiary/aromatic N) is 1. The van der Waals surface area contributed by atoms with Crippen molar-refractivity contribution in [3.05, 3.63) is 29.3 Å². The van der Waals surface area contributed by atoms with E-state index in [0.717, 1.165) is 0 Å². The predicted octanol–water partition coefficient (Wildman–Crippen LogP) is -0.0711. The number of hydrogen-bond donors (Lipinski definition) is 4. The van der Waals surface area contributed by atoms with Crippen molar-refractivity contribution < 1.29 is 23.1 Å². The molecule has 4 N–H and O–H groups in total. The molecular formula is C14H19N3O5S. The number of carboxylic acid groups (broad SMARTS) is 1. The van der Waals surface area contributed by atoms with E-state index in [1.54, 1.807) is 0 Å². The van der Waals surface area contributed by atoms with Gasteiger partial charge in [-0.15, -0.1) is 0 Å². The highest BCUT2D eigenvalue weighted by molar-refractivity contribution is 7.72. The van der Waals surface area contributed by atoms with Crippen molar-refractivity contribution in [2.75, 3.05) is 24.3 Å². The highest BCUT2D eigenvalue weighted by atomic mass is 32.2. The lowest BCUT2D eigenvalue weighted by atomic mass is 10.0. The van der Waals surface area contributed by atoms with Gasteiger partial charge in [-0.25, -0.2) is 13.2 Å². The Hall–Kier alpha value is -2.13. The van der Waals surface area contributed by atoms with Gasteiger partial charge in [-0.2, -0.15) is 0 Å². The summed E-state index contributed by atoms with van der Waals surface area (Å²) in [6, 6.07) is 4.15. The summed E-state index contributed by atoms with van der Waals surface area (Å²) in [5.74, 6) is -1.67. The van der Waals surface area contributed by atoms with Gasteiger partial charge in [0.25, 0.3) is 5.91 Å². The molecule has 0 unspecified atom stereocenters. The average Bonchev–Trinajstić information content (AvgIpc) is 2.48. The van der Waals surface area contributed by atoms with Crippen LogP contribution in [0.5, 0.6) is 0 Å². The molecule has 1 amide bonds. The van der Waals surface area contributed by atoms with Gasteiger partial charge in [-0.3, -0.25) is 9.69 Å². The van der Waals surface area contributed by atoms with Crippen molar-refractivity contribution >= 4 is 28.3 Å². The Kier molecular flexibility index (Phi) is 5.56. The number of benzene rings is 1. The van der Waals surface area contributed by atoms with Crippen LogP contribution in [0.3, 0.4) is 0 Å². The number of nitrogens with two attached hydrogens (primary N) is 1. The monoisotopic (exact) mass is 341 g/mol. The Morgan fingerprint density at radius 2 is 1.96 bits per heavy atom. The van der Waals surface area contributed by atoms with Crippen LogP contribution >= 0.6 is 0 Å². The summed E-state index contributed by atoms with van der Waals surface area (Å²) >= 11 is 0. The molecule has 1 heterocycles. The van der Waals surface area contributed by atoms with Crippen LogP contribution in [0.2, 0.25) is 0 Å². The predicted molar refractivity (Wildman–Crippen MR) is 85.3 cm³/mol. The van der Waals surface area contributed by atoms with E-state index in [4.69, 9.17) is 10.8 Å². The molecule has 1 aliphatic rings. The van der Waals surface area contributed by atoms with Crippen LogP contribution in [-0.2, 0) is 10.7 Å². The zero-order chi connectivity index (χ0) is 17.0. The third-order valence-corrected chi connectivity index (χ3v) is 4.43. The van der Waals surface area contributed by atoms with Crippen molar-refractivity contribution in [1.82, 2.24) is 4.90 Å². The highest BCUT2D eigenvalue weighted by Crippen LogP contribution is 2.22. The van der Waals surface area contributed by atoms with Crippen molar-refractivity contribution in [2.45, 2.75) is 18.9 Å². The maximum absolute atomic E-state index is 11.5. The van der Waals surface area contributed by atoms with Gasteiger partial charge in [0.1, 0.15) is 0 Å². The van der Waals surface area contributed by atoms with Crippen LogP contribution in [0.15, 0.2) is 18.2 Å². The minimum atomic E-state index is -2.43. The number of nitrogens with one attached hydrogen (secondary N) is 1. The van der Waals surface area contributed by atoms with Gasteiger partial charge in [-0.1, -0.05) is 0 Å². The Morgan fingerprint density at radius 1 is 1.30 bits per heavy atom. The summed E-state index contributed by atoms with van der Waals surface area (Å²) in [5, 5.41) is 12.2. The summed E-state index contributed by atoms with van der Waals surface area (Å²) in [5.41, 5.74) is 6.02. The van der Waals surface area contributed by atoms with Gasteiger partial charge < -0.3 is 16.2 Å². The second-order valence-corrected chi connectivity index (χ2v) is 6.39. The van der Waals surface area contributed by atoms with Crippen molar-refractivity contribution in [3.8, 4) is 0 Å². The topological polar surface area (TPSA) is 130 Å².